The summed E-state index contributed by atoms with van der Waals surface area (Å²) < 4.78 is 5.37. The van der Waals surface area contributed by atoms with E-state index >= 15 is 0 Å². The summed E-state index contributed by atoms with van der Waals surface area (Å²) in [5, 5.41) is 4.06. The first-order chi connectivity index (χ1) is 15.0. The molecule has 0 radical (unpaired) electrons. The van der Waals surface area contributed by atoms with Gasteiger partial charge < -0.3 is 9.42 Å². The molecule has 1 aromatic heterocycles. The quantitative estimate of drug-likeness (QED) is 0.588. The van der Waals surface area contributed by atoms with E-state index in [-0.39, 0.29) is 12.5 Å². The third-order valence-corrected chi connectivity index (χ3v) is 5.81. The molecule has 162 valence electrons. The summed E-state index contributed by atoms with van der Waals surface area (Å²) in [7, 11) is 1.75. The third-order valence-electron chi connectivity index (χ3n) is 5.81. The molecule has 31 heavy (non-hydrogen) atoms. The minimum Gasteiger partial charge on any atom is -0.337 e. The van der Waals surface area contributed by atoms with Gasteiger partial charge in [0, 0.05) is 31.3 Å². The molecule has 0 saturated carbocycles. The molecule has 1 aliphatic rings. The highest BCUT2D eigenvalue weighted by Crippen LogP contribution is 2.19. The Morgan fingerprint density at radius 2 is 2.03 bits per heavy atom. The van der Waals surface area contributed by atoms with E-state index in [0.29, 0.717) is 17.3 Å². The number of aromatic nitrogens is 2. The Morgan fingerprint density at radius 1 is 1.23 bits per heavy atom. The number of hydrogen-bond acceptors (Lipinski definition) is 5. The lowest BCUT2D eigenvalue weighted by atomic mass is 9.99. The first kappa shape index (κ1) is 21.2. The van der Waals surface area contributed by atoms with Crippen LogP contribution in [0.25, 0.3) is 11.4 Å². The molecular formula is C25H30N4O2. The van der Waals surface area contributed by atoms with Crippen molar-refractivity contribution in [3.63, 3.8) is 0 Å². The molecule has 0 bridgehead atoms. The van der Waals surface area contributed by atoms with Crippen molar-refractivity contribution in [2.45, 2.75) is 39.8 Å². The zero-order valence-corrected chi connectivity index (χ0v) is 18.5. The van der Waals surface area contributed by atoms with Gasteiger partial charge in [0.15, 0.2) is 0 Å². The first-order valence-electron chi connectivity index (χ1n) is 10.9. The Hall–Kier alpha value is -2.99. The van der Waals surface area contributed by atoms with Gasteiger partial charge in [-0.2, -0.15) is 4.98 Å². The summed E-state index contributed by atoms with van der Waals surface area (Å²) in [6, 6.07) is 15.9. The second kappa shape index (κ2) is 9.43. The number of amides is 1. The Balaban J connectivity index is 1.36. The predicted octanol–water partition coefficient (Wildman–Crippen LogP) is 4.55. The second-order valence-corrected chi connectivity index (χ2v) is 8.72. The molecule has 1 saturated heterocycles. The zero-order valence-electron chi connectivity index (χ0n) is 18.5. The Labute approximate surface area is 183 Å². The van der Waals surface area contributed by atoms with E-state index in [9.17, 15) is 4.79 Å². The zero-order chi connectivity index (χ0) is 21.8. The van der Waals surface area contributed by atoms with E-state index in [1.54, 1.807) is 11.9 Å². The SMILES string of the molecule is Cc1cccc(-c2noc(CN(C)C(=O)c3ccc(CN4CCC[C@@H](C)C4)cc3)n2)c1. The molecule has 4 rings (SSSR count). The maximum atomic E-state index is 12.8. The van der Waals surface area contributed by atoms with Crippen molar-refractivity contribution in [3.8, 4) is 11.4 Å². The topological polar surface area (TPSA) is 62.5 Å². The van der Waals surface area contributed by atoms with Crippen LogP contribution in [0.5, 0.6) is 0 Å². The second-order valence-electron chi connectivity index (χ2n) is 8.72. The molecule has 0 unspecified atom stereocenters. The minimum atomic E-state index is -0.0616. The number of rotatable bonds is 6. The van der Waals surface area contributed by atoms with Crippen molar-refractivity contribution >= 4 is 5.91 Å². The number of aryl methyl sites for hydroxylation is 1. The number of likely N-dealkylation sites (tertiary alicyclic amines) is 1. The third kappa shape index (κ3) is 5.39. The molecule has 1 fully saturated rings. The van der Waals surface area contributed by atoms with Gasteiger partial charge >= 0.3 is 0 Å². The van der Waals surface area contributed by atoms with Gasteiger partial charge in [-0.25, -0.2) is 0 Å². The molecule has 6 heteroatoms. The number of carbonyl (C=O) groups excluding carboxylic acids is 1. The Kier molecular flexibility index (Phi) is 6.47. The molecule has 6 nitrogen and oxygen atoms in total. The lowest BCUT2D eigenvalue weighted by Crippen LogP contribution is -2.33. The van der Waals surface area contributed by atoms with Crippen molar-refractivity contribution in [3.05, 3.63) is 71.1 Å². The monoisotopic (exact) mass is 418 g/mol. The van der Waals surface area contributed by atoms with E-state index < -0.39 is 0 Å². The van der Waals surface area contributed by atoms with Crippen LogP contribution < -0.4 is 0 Å². The number of hydrogen-bond donors (Lipinski definition) is 0. The van der Waals surface area contributed by atoms with E-state index in [2.05, 4.69) is 34.1 Å². The van der Waals surface area contributed by atoms with E-state index in [4.69, 9.17) is 4.52 Å². The maximum Gasteiger partial charge on any atom is 0.254 e. The smallest absolute Gasteiger partial charge is 0.254 e. The summed E-state index contributed by atoms with van der Waals surface area (Å²) >= 11 is 0. The van der Waals surface area contributed by atoms with Crippen LogP contribution in [0.4, 0.5) is 0 Å². The van der Waals surface area contributed by atoms with Gasteiger partial charge in [0.25, 0.3) is 5.91 Å². The van der Waals surface area contributed by atoms with E-state index in [1.165, 1.54) is 18.4 Å². The van der Waals surface area contributed by atoms with E-state index in [0.717, 1.165) is 36.7 Å². The van der Waals surface area contributed by atoms with Gasteiger partial charge in [0.1, 0.15) is 0 Å². The van der Waals surface area contributed by atoms with Crippen LogP contribution in [-0.4, -0.2) is 46.0 Å². The summed E-state index contributed by atoms with van der Waals surface area (Å²) in [5.74, 6) is 1.66. The maximum absolute atomic E-state index is 12.8. The van der Waals surface area contributed by atoms with Gasteiger partial charge in [0.05, 0.1) is 6.54 Å². The van der Waals surface area contributed by atoms with Crippen LogP contribution >= 0.6 is 0 Å². The lowest BCUT2D eigenvalue weighted by molar-refractivity contribution is 0.0769. The fraction of sp³-hybridized carbons (Fsp3) is 0.400. The standard InChI is InChI=1S/C25H30N4O2/c1-18-6-4-8-22(14-18)24-26-23(31-27-24)17-28(3)25(30)21-11-9-20(10-12-21)16-29-13-5-7-19(2)15-29/h4,6,8-12,14,19H,5,7,13,15-17H2,1-3H3/t19-/m1/s1. The van der Waals surface area contributed by atoms with Crippen molar-refractivity contribution in [1.29, 1.82) is 0 Å². The van der Waals surface area contributed by atoms with Crippen molar-refractivity contribution in [1.82, 2.24) is 19.9 Å². The molecule has 0 aliphatic carbocycles. The summed E-state index contributed by atoms with van der Waals surface area (Å²) in [6.07, 6.45) is 2.59. The average molecular weight is 419 g/mol. The van der Waals surface area contributed by atoms with Crippen molar-refractivity contribution in [2.75, 3.05) is 20.1 Å². The molecule has 2 heterocycles. The van der Waals surface area contributed by atoms with Gasteiger partial charge in [0.2, 0.25) is 11.7 Å². The fourth-order valence-electron chi connectivity index (χ4n) is 4.16. The highest BCUT2D eigenvalue weighted by molar-refractivity contribution is 5.94. The van der Waals surface area contributed by atoms with Gasteiger partial charge in [-0.15, -0.1) is 0 Å². The molecule has 1 atom stereocenters. The van der Waals surface area contributed by atoms with Crippen LogP contribution in [0.2, 0.25) is 0 Å². The van der Waals surface area contributed by atoms with Gasteiger partial charge in [-0.05, 0) is 56.0 Å². The summed E-state index contributed by atoms with van der Waals surface area (Å²) in [4.78, 5) is 21.4. The molecule has 0 spiro atoms. The lowest BCUT2D eigenvalue weighted by Gasteiger charge is -2.30. The average Bonchev–Trinajstić information content (AvgIpc) is 3.22. The van der Waals surface area contributed by atoms with Crippen LogP contribution in [0.15, 0.2) is 53.1 Å². The van der Waals surface area contributed by atoms with Crippen LogP contribution in [0.3, 0.4) is 0 Å². The first-order valence-corrected chi connectivity index (χ1v) is 10.9. The predicted molar refractivity (Wildman–Crippen MR) is 120 cm³/mol. The highest BCUT2D eigenvalue weighted by atomic mass is 16.5. The largest absolute Gasteiger partial charge is 0.337 e. The molecular weight excluding hydrogens is 388 g/mol. The number of benzene rings is 2. The summed E-state index contributed by atoms with van der Waals surface area (Å²) in [6.45, 7) is 7.86. The van der Waals surface area contributed by atoms with Crippen LogP contribution in [0.1, 0.15) is 47.1 Å². The Morgan fingerprint density at radius 3 is 2.77 bits per heavy atom. The molecule has 0 N–H and O–H groups in total. The van der Waals surface area contributed by atoms with Crippen molar-refractivity contribution in [2.24, 2.45) is 5.92 Å². The normalized spacial score (nSPS) is 16.9. The fourth-order valence-corrected chi connectivity index (χ4v) is 4.16. The van der Waals surface area contributed by atoms with Gasteiger partial charge in [-0.3, -0.25) is 9.69 Å². The van der Waals surface area contributed by atoms with Crippen LogP contribution in [-0.2, 0) is 13.1 Å². The van der Waals surface area contributed by atoms with E-state index in [1.807, 2.05) is 43.3 Å². The van der Waals surface area contributed by atoms with Gasteiger partial charge in [-0.1, -0.05) is 48.0 Å². The minimum absolute atomic E-state index is 0.0616. The highest BCUT2D eigenvalue weighted by Gasteiger charge is 2.18. The molecule has 1 aliphatic heterocycles. The molecule has 2 aromatic carbocycles. The summed E-state index contributed by atoms with van der Waals surface area (Å²) in [5.41, 5.74) is 3.95. The number of piperidine rings is 1. The van der Waals surface area contributed by atoms with Crippen LogP contribution in [0, 0.1) is 12.8 Å². The molecule has 3 aromatic rings. The Bertz CT molecular complexity index is 1030. The number of nitrogens with zero attached hydrogens (tertiary/aromatic N) is 4. The number of carbonyl (C=O) groups is 1. The van der Waals surface area contributed by atoms with Crippen molar-refractivity contribution < 1.29 is 9.32 Å². The molecule has 1 amide bonds.